The van der Waals surface area contributed by atoms with E-state index in [1.165, 1.54) is 18.4 Å². The van der Waals surface area contributed by atoms with Crippen molar-refractivity contribution in [3.05, 3.63) is 35.4 Å². The minimum Gasteiger partial charge on any atom is -0.246 e. The number of nitrogens with zero attached hydrogens (tertiary/aromatic N) is 1. The van der Waals surface area contributed by atoms with Crippen LogP contribution in [0.25, 0.3) is 0 Å². The van der Waals surface area contributed by atoms with Gasteiger partial charge in [-0.05, 0) is 36.7 Å². The van der Waals surface area contributed by atoms with Crippen molar-refractivity contribution in [1.29, 1.82) is 0 Å². The Labute approximate surface area is 115 Å². The lowest BCUT2D eigenvalue weighted by molar-refractivity contribution is -0.0488. The van der Waals surface area contributed by atoms with Crippen molar-refractivity contribution in [3.8, 4) is 0 Å². The van der Waals surface area contributed by atoms with Crippen molar-refractivity contribution in [2.75, 3.05) is 0 Å². The standard InChI is InChI=1S/C16H22N2O/c1-15(2,3)13-8-6-12(7-9-13)14-17-16(19-18-14)10-4-5-11-16/h6-9H,4-5,10-11H2,1-3H3,(H,17,18). The van der Waals surface area contributed by atoms with Crippen LogP contribution in [0.1, 0.15) is 57.6 Å². The van der Waals surface area contributed by atoms with Gasteiger partial charge in [0.2, 0.25) is 0 Å². The molecular weight excluding hydrogens is 236 g/mol. The zero-order valence-electron chi connectivity index (χ0n) is 12.0. The molecule has 19 heavy (non-hydrogen) atoms. The van der Waals surface area contributed by atoms with Gasteiger partial charge in [-0.25, -0.2) is 15.3 Å². The maximum atomic E-state index is 5.71. The second-order valence-corrected chi connectivity index (χ2v) is 6.65. The van der Waals surface area contributed by atoms with E-state index in [1.54, 1.807) is 0 Å². The third kappa shape index (κ3) is 2.39. The molecule has 0 amide bonds. The van der Waals surface area contributed by atoms with Crippen LogP contribution in [0, 0.1) is 0 Å². The molecule has 102 valence electrons. The second kappa shape index (κ2) is 4.34. The summed E-state index contributed by atoms with van der Waals surface area (Å²) in [7, 11) is 0. The summed E-state index contributed by atoms with van der Waals surface area (Å²) in [5, 5.41) is 0. The van der Waals surface area contributed by atoms with Crippen LogP contribution in [0.15, 0.2) is 29.3 Å². The van der Waals surface area contributed by atoms with Crippen LogP contribution in [-0.4, -0.2) is 11.6 Å². The Balaban J connectivity index is 1.84. The quantitative estimate of drug-likeness (QED) is 0.836. The lowest BCUT2D eigenvalue weighted by Crippen LogP contribution is -2.26. The summed E-state index contributed by atoms with van der Waals surface area (Å²) in [5.41, 5.74) is 5.37. The van der Waals surface area contributed by atoms with E-state index in [1.807, 2.05) is 0 Å². The van der Waals surface area contributed by atoms with E-state index >= 15 is 0 Å². The van der Waals surface area contributed by atoms with Gasteiger partial charge in [0.1, 0.15) is 0 Å². The SMILES string of the molecule is CC(C)(C)c1ccc(C2=NC3(CCCC3)ON2)cc1. The predicted molar refractivity (Wildman–Crippen MR) is 77.1 cm³/mol. The molecular formula is C16H22N2O. The van der Waals surface area contributed by atoms with Gasteiger partial charge < -0.3 is 0 Å². The van der Waals surface area contributed by atoms with Gasteiger partial charge in [-0.2, -0.15) is 0 Å². The van der Waals surface area contributed by atoms with Crippen molar-refractivity contribution in [1.82, 2.24) is 5.48 Å². The Hall–Kier alpha value is -1.35. The van der Waals surface area contributed by atoms with Crippen molar-refractivity contribution in [2.24, 2.45) is 4.99 Å². The van der Waals surface area contributed by atoms with Crippen LogP contribution in [0.4, 0.5) is 0 Å². The Morgan fingerprint density at radius 1 is 1.11 bits per heavy atom. The molecule has 3 nitrogen and oxygen atoms in total. The highest BCUT2D eigenvalue weighted by atomic mass is 16.7. The molecule has 0 unspecified atom stereocenters. The van der Waals surface area contributed by atoms with Gasteiger partial charge in [0, 0.05) is 5.56 Å². The van der Waals surface area contributed by atoms with Crippen molar-refractivity contribution in [3.63, 3.8) is 0 Å². The summed E-state index contributed by atoms with van der Waals surface area (Å²) in [6.07, 6.45) is 4.48. The number of benzene rings is 1. The van der Waals surface area contributed by atoms with Crippen molar-refractivity contribution < 1.29 is 4.84 Å². The summed E-state index contributed by atoms with van der Waals surface area (Å²) in [4.78, 5) is 10.5. The highest BCUT2D eigenvalue weighted by Crippen LogP contribution is 2.36. The van der Waals surface area contributed by atoms with Crippen LogP contribution in [-0.2, 0) is 10.3 Å². The number of hydrogen-bond acceptors (Lipinski definition) is 3. The molecule has 1 aliphatic carbocycles. The zero-order valence-corrected chi connectivity index (χ0v) is 12.0. The predicted octanol–water partition coefficient (Wildman–Crippen LogP) is 3.54. The fourth-order valence-corrected chi connectivity index (χ4v) is 2.79. The molecule has 1 aromatic carbocycles. The molecule has 1 fully saturated rings. The Morgan fingerprint density at radius 3 is 2.32 bits per heavy atom. The van der Waals surface area contributed by atoms with E-state index in [4.69, 9.17) is 9.83 Å². The third-order valence-corrected chi connectivity index (χ3v) is 4.06. The van der Waals surface area contributed by atoms with Crippen LogP contribution >= 0.6 is 0 Å². The molecule has 1 spiro atoms. The number of aliphatic imine (C=N–C) groups is 1. The lowest BCUT2D eigenvalue weighted by atomic mass is 9.86. The summed E-state index contributed by atoms with van der Waals surface area (Å²) in [6.45, 7) is 6.68. The van der Waals surface area contributed by atoms with Gasteiger partial charge in [-0.3, -0.25) is 0 Å². The molecule has 3 heteroatoms. The molecule has 0 bridgehead atoms. The fraction of sp³-hybridized carbons (Fsp3) is 0.562. The maximum absolute atomic E-state index is 5.71. The van der Waals surface area contributed by atoms with Gasteiger partial charge >= 0.3 is 0 Å². The number of rotatable bonds is 1. The van der Waals surface area contributed by atoms with E-state index in [-0.39, 0.29) is 11.1 Å². The van der Waals surface area contributed by atoms with E-state index in [2.05, 4.69) is 50.5 Å². The maximum Gasteiger partial charge on any atom is 0.187 e. The smallest absolute Gasteiger partial charge is 0.187 e. The van der Waals surface area contributed by atoms with Gasteiger partial charge in [-0.15, -0.1) is 0 Å². The first-order chi connectivity index (χ1) is 8.99. The Kier molecular flexibility index (Phi) is 2.90. The van der Waals surface area contributed by atoms with Crippen molar-refractivity contribution >= 4 is 5.84 Å². The molecule has 0 radical (unpaired) electrons. The monoisotopic (exact) mass is 258 g/mol. The minimum absolute atomic E-state index is 0.187. The topological polar surface area (TPSA) is 33.6 Å². The summed E-state index contributed by atoms with van der Waals surface area (Å²) in [6, 6.07) is 8.62. The molecule has 0 aromatic heterocycles. The molecule has 1 aliphatic heterocycles. The number of amidine groups is 1. The summed E-state index contributed by atoms with van der Waals surface area (Å²) in [5.74, 6) is 0.877. The summed E-state index contributed by atoms with van der Waals surface area (Å²) >= 11 is 0. The first-order valence-corrected chi connectivity index (χ1v) is 7.13. The number of nitrogens with one attached hydrogen (secondary N) is 1. The van der Waals surface area contributed by atoms with E-state index in [0.29, 0.717) is 0 Å². The number of hydroxylamine groups is 1. The summed E-state index contributed by atoms with van der Waals surface area (Å²) < 4.78 is 0. The zero-order chi connectivity index (χ0) is 13.5. The van der Waals surface area contributed by atoms with Gasteiger partial charge in [-0.1, -0.05) is 45.0 Å². The van der Waals surface area contributed by atoms with E-state index < -0.39 is 0 Å². The molecule has 1 heterocycles. The van der Waals surface area contributed by atoms with Gasteiger partial charge in [0.15, 0.2) is 11.6 Å². The molecule has 1 aromatic rings. The molecule has 2 aliphatic rings. The highest BCUT2D eigenvalue weighted by molar-refractivity contribution is 5.99. The molecule has 1 N–H and O–H groups in total. The normalized spacial score (nSPS) is 21.5. The molecule has 0 saturated heterocycles. The average Bonchev–Trinajstić information content (AvgIpc) is 3.00. The largest absolute Gasteiger partial charge is 0.246 e. The number of hydrogen-bond donors (Lipinski definition) is 1. The molecule has 1 saturated carbocycles. The Bertz CT molecular complexity index is 490. The minimum atomic E-state index is -0.280. The van der Waals surface area contributed by atoms with Gasteiger partial charge in [0.05, 0.1) is 0 Å². The van der Waals surface area contributed by atoms with Crippen molar-refractivity contribution in [2.45, 2.75) is 57.6 Å². The van der Waals surface area contributed by atoms with E-state index in [9.17, 15) is 0 Å². The molecule has 3 rings (SSSR count). The van der Waals surface area contributed by atoms with Crippen LogP contribution < -0.4 is 5.48 Å². The average molecular weight is 258 g/mol. The van der Waals surface area contributed by atoms with Gasteiger partial charge in [0.25, 0.3) is 0 Å². The lowest BCUT2D eigenvalue weighted by Gasteiger charge is -2.19. The molecule has 0 atom stereocenters. The first kappa shape index (κ1) is 12.7. The highest BCUT2D eigenvalue weighted by Gasteiger charge is 2.39. The van der Waals surface area contributed by atoms with Crippen LogP contribution in [0.3, 0.4) is 0 Å². The Morgan fingerprint density at radius 2 is 1.74 bits per heavy atom. The fourth-order valence-electron chi connectivity index (χ4n) is 2.79. The van der Waals surface area contributed by atoms with Crippen LogP contribution in [0.2, 0.25) is 0 Å². The van der Waals surface area contributed by atoms with E-state index in [0.717, 1.165) is 24.2 Å². The van der Waals surface area contributed by atoms with Crippen LogP contribution in [0.5, 0.6) is 0 Å². The second-order valence-electron chi connectivity index (χ2n) is 6.65. The third-order valence-electron chi connectivity index (χ3n) is 4.06. The first-order valence-electron chi connectivity index (χ1n) is 7.13.